The summed E-state index contributed by atoms with van der Waals surface area (Å²) in [5.74, 6) is 1.24. The molecule has 0 amide bonds. The first-order valence-corrected chi connectivity index (χ1v) is 4.83. The first-order chi connectivity index (χ1) is 5.88. The molecule has 0 saturated heterocycles. The van der Waals surface area contributed by atoms with Crippen molar-refractivity contribution in [3.8, 4) is 0 Å². The van der Waals surface area contributed by atoms with Crippen LogP contribution in [0.3, 0.4) is 0 Å². The van der Waals surface area contributed by atoms with Crippen LogP contribution in [-0.2, 0) is 4.74 Å². The Labute approximate surface area is 75.1 Å². The first-order valence-electron chi connectivity index (χ1n) is 4.83. The largest absolute Gasteiger partial charge is 0.498 e. The van der Waals surface area contributed by atoms with Crippen LogP contribution in [0.5, 0.6) is 0 Å². The minimum atomic E-state index is 0.802. The maximum Gasteiger partial charge on any atom is 0.0954 e. The standard InChI is InChI=1S/C11H18O/c1-3-7-10-8-5-6-9-11(10)12-4-2/h3H,1,4-9H2,2H3. The molecule has 0 bridgehead atoms. The minimum Gasteiger partial charge on any atom is -0.498 e. The molecular weight excluding hydrogens is 148 g/mol. The van der Waals surface area contributed by atoms with Crippen LogP contribution in [0.1, 0.15) is 39.0 Å². The van der Waals surface area contributed by atoms with E-state index >= 15 is 0 Å². The van der Waals surface area contributed by atoms with Crippen LogP contribution in [0.2, 0.25) is 0 Å². The van der Waals surface area contributed by atoms with Gasteiger partial charge in [-0.15, -0.1) is 6.58 Å². The quantitative estimate of drug-likeness (QED) is 0.581. The van der Waals surface area contributed by atoms with E-state index in [0.29, 0.717) is 0 Å². The number of ether oxygens (including phenoxy) is 1. The van der Waals surface area contributed by atoms with E-state index in [-0.39, 0.29) is 0 Å². The molecule has 0 spiro atoms. The van der Waals surface area contributed by atoms with Crippen molar-refractivity contribution in [3.63, 3.8) is 0 Å². The summed E-state index contributed by atoms with van der Waals surface area (Å²) < 4.78 is 5.58. The highest BCUT2D eigenvalue weighted by atomic mass is 16.5. The topological polar surface area (TPSA) is 9.23 Å². The van der Waals surface area contributed by atoms with Crippen molar-refractivity contribution in [2.24, 2.45) is 0 Å². The van der Waals surface area contributed by atoms with Crippen LogP contribution in [0.25, 0.3) is 0 Å². The third kappa shape index (κ3) is 2.40. The predicted octanol–water partition coefficient (Wildman–Crippen LogP) is 3.43. The highest BCUT2D eigenvalue weighted by molar-refractivity contribution is 5.14. The molecule has 0 heterocycles. The Kier molecular flexibility index (Phi) is 3.92. The molecule has 0 N–H and O–H groups in total. The minimum absolute atomic E-state index is 0.802. The van der Waals surface area contributed by atoms with Gasteiger partial charge in [-0.1, -0.05) is 6.08 Å². The normalized spacial score (nSPS) is 17.8. The van der Waals surface area contributed by atoms with Gasteiger partial charge in [-0.2, -0.15) is 0 Å². The Bertz CT molecular complexity index is 179. The molecule has 0 aromatic heterocycles. The molecule has 0 radical (unpaired) electrons. The van der Waals surface area contributed by atoms with E-state index in [1.807, 2.05) is 13.0 Å². The Morgan fingerprint density at radius 1 is 1.42 bits per heavy atom. The van der Waals surface area contributed by atoms with Gasteiger partial charge in [-0.05, 0) is 38.2 Å². The van der Waals surface area contributed by atoms with Gasteiger partial charge < -0.3 is 4.74 Å². The fraction of sp³-hybridized carbons (Fsp3) is 0.636. The molecule has 0 atom stereocenters. The van der Waals surface area contributed by atoms with E-state index < -0.39 is 0 Å². The van der Waals surface area contributed by atoms with Crippen LogP contribution >= 0.6 is 0 Å². The number of rotatable bonds is 4. The molecular formula is C11H18O. The molecule has 0 aromatic rings. The van der Waals surface area contributed by atoms with Crippen molar-refractivity contribution in [3.05, 3.63) is 24.0 Å². The molecule has 1 nitrogen and oxygen atoms in total. The molecule has 1 aliphatic rings. The average Bonchev–Trinajstić information content (AvgIpc) is 2.09. The second-order valence-corrected chi connectivity index (χ2v) is 3.16. The summed E-state index contributed by atoms with van der Waals surface area (Å²) in [6.45, 7) is 6.61. The molecule has 0 aliphatic heterocycles. The highest BCUT2D eigenvalue weighted by Crippen LogP contribution is 2.27. The van der Waals surface area contributed by atoms with E-state index in [0.717, 1.165) is 19.4 Å². The predicted molar refractivity (Wildman–Crippen MR) is 51.9 cm³/mol. The second-order valence-electron chi connectivity index (χ2n) is 3.16. The van der Waals surface area contributed by atoms with Gasteiger partial charge in [0.1, 0.15) is 0 Å². The molecule has 0 unspecified atom stereocenters. The fourth-order valence-electron chi connectivity index (χ4n) is 1.68. The fourth-order valence-corrected chi connectivity index (χ4v) is 1.68. The van der Waals surface area contributed by atoms with Crippen LogP contribution in [0.4, 0.5) is 0 Å². The lowest BCUT2D eigenvalue weighted by molar-refractivity contribution is 0.205. The SMILES string of the molecule is C=CCC1=C(OCC)CCCC1. The van der Waals surface area contributed by atoms with Crippen molar-refractivity contribution in [2.45, 2.75) is 39.0 Å². The smallest absolute Gasteiger partial charge is 0.0954 e. The summed E-state index contributed by atoms with van der Waals surface area (Å²) in [6.07, 6.45) is 7.93. The van der Waals surface area contributed by atoms with E-state index in [2.05, 4.69) is 6.58 Å². The molecule has 1 rings (SSSR count). The van der Waals surface area contributed by atoms with Gasteiger partial charge in [-0.25, -0.2) is 0 Å². The summed E-state index contributed by atoms with van der Waals surface area (Å²) in [7, 11) is 0. The zero-order valence-electron chi connectivity index (χ0n) is 7.94. The molecule has 0 fully saturated rings. The highest BCUT2D eigenvalue weighted by Gasteiger charge is 2.11. The first kappa shape index (κ1) is 9.37. The summed E-state index contributed by atoms with van der Waals surface area (Å²) in [5, 5.41) is 0. The van der Waals surface area contributed by atoms with E-state index in [1.165, 1.54) is 30.6 Å². The third-order valence-corrected chi connectivity index (χ3v) is 2.24. The summed E-state index contributed by atoms with van der Waals surface area (Å²) in [6, 6.07) is 0. The Hall–Kier alpha value is -0.720. The number of hydrogen-bond acceptors (Lipinski definition) is 1. The molecule has 68 valence electrons. The van der Waals surface area contributed by atoms with Crippen LogP contribution in [0, 0.1) is 0 Å². The molecule has 1 aliphatic carbocycles. The van der Waals surface area contributed by atoms with Crippen LogP contribution in [0.15, 0.2) is 24.0 Å². The zero-order valence-corrected chi connectivity index (χ0v) is 7.94. The Balaban J connectivity index is 2.61. The van der Waals surface area contributed by atoms with Gasteiger partial charge in [0.25, 0.3) is 0 Å². The third-order valence-electron chi connectivity index (χ3n) is 2.24. The van der Waals surface area contributed by atoms with Gasteiger partial charge in [-0.3, -0.25) is 0 Å². The van der Waals surface area contributed by atoms with Crippen LogP contribution in [-0.4, -0.2) is 6.61 Å². The van der Waals surface area contributed by atoms with Crippen molar-refractivity contribution in [1.82, 2.24) is 0 Å². The zero-order chi connectivity index (χ0) is 8.81. The van der Waals surface area contributed by atoms with E-state index in [1.54, 1.807) is 0 Å². The lowest BCUT2D eigenvalue weighted by atomic mass is 9.95. The number of hydrogen-bond donors (Lipinski definition) is 0. The Morgan fingerprint density at radius 2 is 2.17 bits per heavy atom. The maximum atomic E-state index is 5.58. The maximum absolute atomic E-state index is 5.58. The second kappa shape index (κ2) is 5.02. The monoisotopic (exact) mass is 166 g/mol. The van der Waals surface area contributed by atoms with Crippen LogP contribution < -0.4 is 0 Å². The lowest BCUT2D eigenvalue weighted by Gasteiger charge is -2.19. The lowest BCUT2D eigenvalue weighted by Crippen LogP contribution is -2.03. The van der Waals surface area contributed by atoms with Crippen molar-refractivity contribution in [1.29, 1.82) is 0 Å². The molecule has 12 heavy (non-hydrogen) atoms. The van der Waals surface area contributed by atoms with Gasteiger partial charge in [0.15, 0.2) is 0 Å². The van der Waals surface area contributed by atoms with Gasteiger partial charge >= 0.3 is 0 Å². The van der Waals surface area contributed by atoms with Gasteiger partial charge in [0.05, 0.1) is 12.4 Å². The van der Waals surface area contributed by atoms with E-state index in [9.17, 15) is 0 Å². The Morgan fingerprint density at radius 3 is 2.83 bits per heavy atom. The summed E-state index contributed by atoms with van der Waals surface area (Å²) in [5.41, 5.74) is 1.47. The van der Waals surface area contributed by atoms with Crippen molar-refractivity contribution >= 4 is 0 Å². The molecule has 0 saturated carbocycles. The molecule has 0 aromatic carbocycles. The van der Waals surface area contributed by atoms with Gasteiger partial charge in [0.2, 0.25) is 0 Å². The number of allylic oxidation sites excluding steroid dienone is 3. The average molecular weight is 166 g/mol. The summed E-state index contributed by atoms with van der Waals surface area (Å²) in [4.78, 5) is 0. The van der Waals surface area contributed by atoms with Crippen molar-refractivity contribution < 1.29 is 4.74 Å². The van der Waals surface area contributed by atoms with Gasteiger partial charge in [0, 0.05) is 6.42 Å². The summed E-state index contributed by atoms with van der Waals surface area (Å²) >= 11 is 0. The molecule has 1 heteroatoms. The van der Waals surface area contributed by atoms with E-state index in [4.69, 9.17) is 4.74 Å². The van der Waals surface area contributed by atoms with Crippen molar-refractivity contribution in [2.75, 3.05) is 6.61 Å².